The average Bonchev–Trinajstić information content (AvgIpc) is 1.58. The molecule has 3 aromatic carbocycles. The predicted octanol–water partition coefficient (Wildman–Crippen LogP) is 18.2. The topological polar surface area (TPSA) is 165 Å². The van der Waals surface area contributed by atoms with Crippen LogP contribution in [0.4, 0.5) is 0 Å². The molecule has 500 valence electrons. The Morgan fingerprint density at radius 3 is 1.56 bits per heavy atom. The number of rotatable bonds is 48. The molecule has 1 heterocycles. The van der Waals surface area contributed by atoms with E-state index in [4.69, 9.17) is 51.2 Å². The highest BCUT2D eigenvalue weighted by Gasteiger charge is 2.55. The van der Waals surface area contributed by atoms with Crippen molar-refractivity contribution in [2.75, 3.05) is 33.4 Å². The average molecular weight is 1300 g/mol. The van der Waals surface area contributed by atoms with Crippen molar-refractivity contribution in [2.45, 2.75) is 282 Å². The Morgan fingerprint density at radius 1 is 0.591 bits per heavy atom. The molecular formula is C69H118NO14PSi3. The van der Waals surface area contributed by atoms with E-state index in [9.17, 15) is 0 Å². The van der Waals surface area contributed by atoms with Crippen LogP contribution >= 0.6 is 7.82 Å². The molecule has 2 unspecified atom stereocenters. The van der Waals surface area contributed by atoms with E-state index in [1.807, 2.05) is 42.5 Å². The van der Waals surface area contributed by atoms with E-state index in [0.29, 0.717) is 26.1 Å². The number of carbonyl (C=O) groups excluding carboxylic acids is 2. The van der Waals surface area contributed by atoms with Gasteiger partial charge >= 0.3 is 13.8 Å². The maximum Gasteiger partial charge on any atom is 0.588 e. The van der Waals surface area contributed by atoms with Gasteiger partial charge in [-0.05, 0) is 72.9 Å². The Bertz CT molecular complexity index is 2310. The Kier molecular flexibility index (Phi) is 36.3. The van der Waals surface area contributed by atoms with Crippen LogP contribution in [-0.2, 0) is 62.9 Å². The molecule has 7 atom stereocenters. The maximum atomic E-state index is 15.8. The highest BCUT2D eigenvalue weighted by Crippen LogP contribution is 2.53. The number of para-hydroxylation sites is 2. The van der Waals surface area contributed by atoms with E-state index in [-0.39, 0.29) is 62.1 Å². The first-order valence-corrected chi connectivity index (χ1v) is 45.3. The quantitative estimate of drug-likeness (QED) is 0.0187. The summed E-state index contributed by atoms with van der Waals surface area (Å²) in [7, 11) is -10.4. The monoisotopic (exact) mass is 1300 g/mol. The highest BCUT2D eigenvalue weighted by atomic mass is 31.2. The van der Waals surface area contributed by atoms with Crippen molar-refractivity contribution in [3.63, 3.8) is 0 Å². The summed E-state index contributed by atoms with van der Waals surface area (Å²) in [6, 6.07) is 27.7. The molecule has 88 heavy (non-hydrogen) atoms. The summed E-state index contributed by atoms with van der Waals surface area (Å²) in [5.41, 5.74) is 0.999. The van der Waals surface area contributed by atoms with Gasteiger partial charge in [0.15, 0.2) is 20.7 Å². The maximum absolute atomic E-state index is 15.8. The minimum Gasteiger partial charge on any atom is -0.457 e. The fourth-order valence-corrected chi connectivity index (χ4v) is 13.8. The van der Waals surface area contributed by atoms with Crippen molar-refractivity contribution < 1.29 is 65.3 Å². The van der Waals surface area contributed by atoms with Crippen molar-refractivity contribution in [2.24, 2.45) is 0 Å². The minimum atomic E-state index is -4.79. The lowest BCUT2D eigenvalue weighted by atomic mass is 9.96. The van der Waals surface area contributed by atoms with Crippen molar-refractivity contribution in [3.8, 4) is 11.5 Å². The third-order valence-electron chi connectivity index (χ3n) is 16.4. The second-order valence-electron chi connectivity index (χ2n) is 28.0. The second kappa shape index (κ2) is 41.4. The van der Waals surface area contributed by atoms with Gasteiger partial charge in [0, 0.05) is 29.4 Å². The van der Waals surface area contributed by atoms with Crippen LogP contribution in [0.1, 0.15) is 169 Å². The zero-order chi connectivity index (χ0) is 64.3. The number of phosphoric ester groups is 1. The third-order valence-corrected chi connectivity index (χ3v) is 25.7. The molecule has 0 saturated carbocycles. The fourth-order valence-electron chi connectivity index (χ4n) is 9.82. The van der Waals surface area contributed by atoms with Gasteiger partial charge in [0.25, 0.3) is 0 Å². The number of esters is 1. The molecule has 0 aliphatic carbocycles. The van der Waals surface area contributed by atoms with Crippen LogP contribution in [0.25, 0.3) is 0 Å². The van der Waals surface area contributed by atoms with E-state index in [1.165, 1.54) is 57.8 Å². The molecule has 1 aliphatic rings. The lowest BCUT2D eigenvalue weighted by molar-refractivity contribution is -0.269. The molecule has 1 amide bonds. The summed E-state index contributed by atoms with van der Waals surface area (Å²) < 4.78 is 88.0. The molecule has 1 saturated heterocycles. The van der Waals surface area contributed by atoms with Crippen molar-refractivity contribution in [3.05, 3.63) is 96.6 Å². The van der Waals surface area contributed by atoms with Crippen LogP contribution in [-0.4, -0.2) is 113 Å². The van der Waals surface area contributed by atoms with E-state index < -0.39 is 81.1 Å². The zero-order valence-electron chi connectivity index (χ0n) is 56.7. The van der Waals surface area contributed by atoms with Crippen LogP contribution in [0.5, 0.6) is 11.5 Å². The zero-order valence-corrected chi connectivity index (χ0v) is 60.6. The lowest BCUT2D eigenvalue weighted by Gasteiger charge is -2.47. The number of amides is 1. The van der Waals surface area contributed by atoms with Crippen LogP contribution in [0.15, 0.2) is 91.0 Å². The molecule has 19 heteroatoms. The van der Waals surface area contributed by atoms with Gasteiger partial charge < -0.3 is 51.9 Å². The van der Waals surface area contributed by atoms with E-state index in [2.05, 4.69) is 92.3 Å². The van der Waals surface area contributed by atoms with Crippen LogP contribution in [0.3, 0.4) is 0 Å². The summed E-state index contributed by atoms with van der Waals surface area (Å²) >= 11 is 0. The first kappa shape index (κ1) is 77.2. The Labute approximate surface area is 535 Å². The molecule has 0 spiro atoms. The van der Waals surface area contributed by atoms with Gasteiger partial charge in [0.1, 0.15) is 43.3 Å². The normalized spacial score (nSPS) is 18.4. The summed E-state index contributed by atoms with van der Waals surface area (Å²) in [5.74, 6) is -0.599. The molecule has 1 fully saturated rings. The third kappa shape index (κ3) is 32.9. The number of carbonyl (C=O) groups is 2. The van der Waals surface area contributed by atoms with Gasteiger partial charge in [0.2, 0.25) is 5.91 Å². The van der Waals surface area contributed by atoms with Crippen LogP contribution in [0.2, 0.25) is 69.5 Å². The van der Waals surface area contributed by atoms with Crippen molar-refractivity contribution >= 4 is 44.2 Å². The first-order valence-electron chi connectivity index (χ1n) is 33.5. The molecule has 0 radical (unpaired) electrons. The predicted molar refractivity (Wildman–Crippen MR) is 363 cm³/mol. The number of nitrogens with one attached hydrogen (secondary N) is 1. The van der Waals surface area contributed by atoms with E-state index >= 15 is 14.2 Å². The molecular weight excluding hydrogens is 1180 g/mol. The minimum absolute atomic E-state index is 0.0271. The Hall–Kier alpha value is -3.24. The summed E-state index contributed by atoms with van der Waals surface area (Å²) in [6.45, 7) is 30.0. The lowest BCUT2D eigenvalue weighted by Crippen LogP contribution is -2.67. The summed E-state index contributed by atoms with van der Waals surface area (Å²) in [4.78, 5) is 30.3. The number of unbranched alkanes of at least 4 members (excludes halogenated alkanes) is 14. The van der Waals surface area contributed by atoms with Gasteiger partial charge in [-0.15, -0.1) is 0 Å². The number of hydrogen-bond acceptors (Lipinski definition) is 14. The van der Waals surface area contributed by atoms with E-state index in [1.54, 1.807) is 48.5 Å². The Balaban J connectivity index is 1.83. The van der Waals surface area contributed by atoms with Gasteiger partial charge in [-0.25, -0.2) is 4.57 Å². The summed E-state index contributed by atoms with van der Waals surface area (Å²) in [6.07, 6.45) is 12.8. The number of ether oxygens (including phenoxy) is 7. The first-order chi connectivity index (χ1) is 41.9. The van der Waals surface area contributed by atoms with Gasteiger partial charge in [-0.3, -0.25) is 14.1 Å². The van der Waals surface area contributed by atoms with Crippen molar-refractivity contribution in [1.82, 2.24) is 5.32 Å². The van der Waals surface area contributed by atoms with E-state index in [0.717, 1.165) is 62.6 Å². The number of phosphoric acid groups is 1. The Morgan fingerprint density at radius 2 is 1.06 bits per heavy atom. The smallest absolute Gasteiger partial charge is 0.457 e. The molecule has 0 bridgehead atoms. The van der Waals surface area contributed by atoms with Crippen LogP contribution < -0.4 is 14.4 Å². The highest BCUT2D eigenvalue weighted by molar-refractivity contribution is 7.49. The van der Waals surface area contributed by atoms with Crippen molar-refractivity contribution in [1.29, 1.82) is 0 Å². The van der Waals surface area contributed by atoms with Gasteiger partial charge in [0.05, 0.1) is 38.3 Å². The van der Waals surface area contributed by atoms with Gasteiger partial charge in [-0.2, -0.15) is 0 Å². The standard InChI is InChI=1S/C69H118NO14PSi3/c1-14-16-18-20-22-23-25-27-33-45-60(77-55-74-47-49-86(6,7)8)51-63(71)70-65-67(81-64(72)52-61(46-34-26-24-21-19-17-15-2)78-56-75-53-57-39-31-28-32-40-57)66(84-85(73,82-58-41-35-29-36-42-58)83-59-43-37-30-38-44-59)62(54-79-88(12,13)69(3,4)5)80-68(65)76-48-50-87(9,10)11/h28-32,35-44,60-62,65-68H,14-27,33-34,45-56H2,1-13H3,(H,70,71)/t60?,61?,62-,65-,66-,67-,68-/m1/s1. The number of benzene rings is 3. The molecule has 1 N–H and O–H groups in total. The summed E-state index contributed by atoms with van der Waals surface area (Å²) in [5, 5.41) is 3.04. The molecule has 3 aromatic rings. The SMILES string of the molecule is CCCCCCCCCCCC(CC(=O)N[C@H]1[C@H](OCC[Si](C)(C)C)O[C@H](CO[Si](C)(C)C(C)(C)C)[C@@H](OP(=O)(Oc2ccccc2)Oc2ccccc2)[C@@H]1OC(=O)CC(CCCCCCCCC)OCOCc1ccccc1)OCOCC[Si](C)(C)C. The van der Waals surface area contributed by atoms with Crippen LogP contribution in [0, 0.1) is 0 Å². The molecule has 0 aromatic heterocycles. The molecule has 4 rings (SSSR count). The largest absolute Gasteiger partial charge is 0.588 e. The fraction of sp³-hybridized carbons (Fsp3) is 0.710. The number of hydrogen-bond donors (Lipinski definition) is 1. The molecule has 15 nitrogen and oxygen atoms in total. The van der Waals surface area contributed by atoms with Gasteiger partial charge in [-0.1, -0.05) is 243 Å². The second-order valence-corrected chi connectivity index (χ2v) is 45.5. The molecule has 1 aliphatic heterocycles.